The summed E-state index contributed by atoms with van der Waals surface area (Å²) < 4.78 is 52.6. The van der Waals surface area contributed by atoms with Gasteiger partial charge in [-0.1, -0.05) is 30.3 Å². The average Bonchev–Trinajstić information content (AvgIpc) is 3.54. The van der Waals surface area contributed by atoms with E-state index in [9.17, 15) is 27.2 Å². The molecule has 0 spiro atoms. The minimum atomic E-state index is -4.41. The molecule has 0 aromatic heterocycles. The van der Waals surface area contributed by atoms with Gasteiger partial charge in [0, 0.05) is 32.1 Å². The molecule has 0 bridgehead atoms. The topological polar surface area (TPSA) is 40.6 Å². The summed E-state index contributed by atoms with van der Waals surface area (Å²) in [5, 5.41) is 0. The van der Waals surface area contributed by atoms with Crippen LogP contribution >= 0.6 is 0 Å². The molecule has 1 saturated heterocycles. The van der Waals surface area contributed by atoms with Gasteiger partial charge in [0.05, 0.1) is 11.1 Å². The molecule has 2 unspecified atom stereocenters. The molecule has 2 amide bonds. The van der Waals surface area contributed by atoms with E-state index in [1.165, 1.54) is 29.2 Å². The van der Waals surface area contributed by atoms with Crippen LogP contribution in [0.1, 0.15) is 33.8 Å². The molecule has 1 heterocycles. The molecule has 30 heavy (non-hydrogen) atoms. The van der Waals surface area contributed by atoms with Crippen molar-refractivity contribution in [1.82, 2.24) is 9.80 Å². The van der Waals surface area contributed by atoms with E-state index in [0.29, 0.717) is 38.2 Å². The van der Waals surface area contributed by atoms with E-state index in [2.05, 4.69) is 0 Å². The van der Waals surface area contributed by atoms with Crippen LogP contribution in [0.5, 0.6) is 0 Å². The van der Waals surface area contributed by atoms with Gasteiger partial charge in [0.25, 0.3) is 5.91 Å². The number of carbonyl (C=O) groups excluding carboxylic acids is 2. The summed E-state index contributed by atoms with van der Waals surface area (Å²) in [6, 6.07) is 10.9. The molecule has 158 valence electrons. The molecule has 4 rings (SSSR count). The van der Waals surface area contributed by atoms with E-state index in [4.69, 9.17) is 0 Å². The Labute approximate surface area is 171 Å². The van der Waals surface area contributed by atoms with Crippen LogP contribution in [-0.2, 0) is 11.0 Å². The van der Waals surface area contributed by atoms with Crippen molar-refractivity contribution in [2.75, 3.05) is 26.2 Å². The Morgan fingerprint density at radius 3 is 2.23 bits per heavy atom. The molecule has 1 saturated carbocycles. The van der Waals surface area contributed by atoms with Gasteiger partial charge in [-0.15, -0.1) is 0 Å². The number of amides is 2. The standard InChI is InChI=1S/C22H20F4N2O2/c23-19-7-2-1-6-16(19)20(29)27-8-10-28(11-9-27)21(30)18-13-17(18)14-4-3-5-15(12-14)22(24,25)26/h1-7,12,17-18H,8-11,13H2. The van der Waals surface area contributed by atoms with Crippen molar-refractivity contribution in [2.24, 2.45) is 5.92 Å². The summed E-state index contributed by atoms with van der Waals surface area (Å²) in [5.74, 6) is -1.63. The fraction of sp³-hybridized carbons (Fsp3) is 0.364. The number of piperazine rings is 1. The van der Waals surface area contributed by atoms with Gasteiger partial charge in [0.1, 0.15) is 5.82 Å². The van der Waals surface area contributed by atoms with E-state index < -0.39 is 23.5 Å². The first-order chi connectivity index (χ1) is 14.3. The third-order valence-corrected chi connectivity index (χ3v) is 5.73. The lowest BCUT2D eigenvalue weighted by atomic mass is 10.0. The minimum absolute atomic E-state index is 0.00378. The van der Waals surface area contributed by atoms with Gasteiger partial charge in [-0.2, -0.15) is 13.2 Å². The lowest BCUT2D eigenvalue weighted by Gasteiger charge is -2.35. The van der Waals surface area contributed by atoms with Gasteiger partial charge in [-0.3, -0.25) is 9.59 Å². The zero-order chi connectivity index (χ0) is 21.5. The van der Waals surface area contributed by atoms with E-state index >= 15 is 0 Å². The smallest absolute Gasteiger partial charge is 0.339 e. The first kappa shape index (κ1) is 20.4. The quantitative estimate of drug-likeness (QED) is 0.706. The second-order valence-corrected chi connectivity index (χ2v) is 7.67. The molecular weight excluding hydrogens is 400 g/mol. The Bertz CT molecular complexity index is 968. The number of rotatable bonds is 3. The van der Waals surface area contributed by atoms with Crippen molar-refractivity contribution in [3.8, 4) is 0 Å². The molecule has 0 radical (unpaired) electrons. The zero-order valence-corrected chi connectivity index (χ0v) is 16.0. The summed E-state index contributed by atoms with van der Waals surface area (Å²) >= 11 is 0. The number of benzene rings is 2. The van der Waals surface area contributed by atoms with Gasteiger partial charge in [-0.25, -0.2) is 4.39 Å². The van der Waals surface area contributed by atoms with Crippen LogP contribution in [-0.4, -0.2) is 47.8 Å². The first-order valence-corrected chi connectivity index (χ1v) is 9.75. The van der Waals surface area contributed by atoms with Crippen molar-refractivity contribution in [3.05, 3.63) is 71.0 Å². The van der Waals surface area contributed by atoms with Crippen LogP contribution in [0, 0.1) is 11.7 Å². The molecule has 2 fully saturated rings. The lowest BCUT2D eigenvalue weighted by molar-refractivity contribution is -0.137. The monoisotopic (exact) mass is 420 g/mol. The molecule has 0 N–H and O–H groups in total. The molecule has 1 aliphatic carbocycles. The maximum Gasteiger partial charge on any atom is 0.416 e. The van der Waals surface area contributed by atoms with Gasteiger partial charge in [0.2, 0.25) is 5.91 Å². The van der Waals surface area contributed by atoms with Crippen molar-refractivity contribution < 1.29 is 27.2 Å². The fourth-order valence-electron chi connectivity index (χ4n) is 3.95. The highest BCUT2D eigenvalue weighted by Crippen LogP contribution is 2.49. The molecule has 4 nitrogen and oxygen atoms in total. The van der Waals surface area contributed by atoms with E-state index in [0.717, 1.165) is 12.1 Å². The van der Waals surface area contributed by atoms with Crippen molar-refractivity contribution in [2.45, 2.75) is 18.5 Å². The molecule has 2 atom stereocenters. The second kappa shape index (κ2) is 7.74. The maximum atomic E-state index is 13.8. The Kier molecular flexibility index (Phi) is 5.26. The fourth-order valence-corrected chi connectivity index (χ4v) is 3.95. The summed E-state index contributed by atoms with van der Waals surface area (Å²) in [6.07, 6.45) is -3.89. The number of carbonyl (C=O) groups is 2. The maximum absolute atomic E-state index is 13.8. The Morgan fingerprint density at radius 1 is 0.900 bits per heavy atom. The second-order valence-electron chi connectivity index (χ2n) is 7.67. The largest absolute Gasteiger partial charge is 0.416 e. The van der Waals surface area contributed by atoms with Crippen LogP contribution in [0.3, 0.4) is 0 Å². The highest BCUT2D eigenvalue weighted by atomic mass is 19.4. The highest BCUT2D eigenvalue weighted by Gasteiger charge is 2.46. The number of hydrogen-bond donors (Lipinski definition) is 0. The molecule has 2 aromatic carbocycles. The van der Waals surface area contributed by atoms with Crippen LogP contribution in [0.2, 0.25) is 0 Å². The third-order valence-electron chi connectivity index (χ3n) is 5.73. The summed E-state index contributed by atoms with van der Waals surface area (Å²) in [6.45, 7) is 1.23. The predicted molar refractivity (Wildman–Crippen MR) is 101 cm³/mol. The zero-order valence-electron chi connectivity index (χ0n) is 16.0. The van der Waals surface area contributed by atoms with Crippen molar-refractivity contribution in [3.63, 3.8) is 0 Å². The lowest BCUT2D eigenvalue weighted by Crippen LogP contribution is -2.51. The third kappa shape index (κ3) is 4.04. The van der Waals surface area contributed by atoms with Crippen molar-refractivity contribution in [1.29, 1.82) is 0 Å². The number of nitrogens with zero attached hydrogens (tertiary/aromatic N) is 2. The minimum Gasteiger partial charge on any atom is -0.339 e. The molecule has 8 heteroatoms. The number of hydrogen-bond acceptors (Lipinski definition) is 2. The van der Waals surface area contributed by atoms with Gasteiger partial charge in [-0.05, 0) is 36.1 Å². The van der Waals surface area contributed by atoms with E-state index in [1.807, 2.05) is 0 Å². The van der Waals surface area contributed by atoms with Crippen LogP contribution in [0.15, 0.2) is 48.5 Å². The van der Waals surface area contributed by atoms with E-state index in [-0.39, 0.29) is 23.3 Å². The van der Waals surface area contributed by atoms with Crippen LogP contribution < -0.4 is 0 Å². The van der Waals surface area contributed by atoms with Crippen LogP contribution in [0.4, 0.5) is 17.6 Å². The Hall–Kier alpha value is -2.90. The Balaban J connectivity index is 1.35. The summed E-state index contributed by atoms with van der Waals surface area (Å²) in [7, 11) is 0. The molecule has 1 aliphatic heterocycles. The molecule has 2 aromatic rings. The number of halogens is 4. The Morgan fingerprint density at radius 2 is 1.57 bits per heavy atom. The van der Waals surface area contributed by atoms with Gasteiger partial charge >= 0.3 is 6.18 Å². The number of alkyl halides is 3. The summed E-state index contributed by atoms with van der Waals surface area (Å²) in [5.41, 5.74) is -0.181. The van der Waals surface area contributed by atoms with Crippen LogP contribution in [0.25, 0.3) is 0 Å². The average molecular weight is 420 g/mol. The normalized spacial score (nSPS) is 21.5. The highest BCUT2D eigenvalue weighted by molar-refractivity contribution is 5.94. The molecule has 2 aliphatic rings. The van der Waals surface area contributed by atoms with Gasteiger partial charge in [0.15, 0.2) is 0 Å². The van der Waals surface area contributed by atoms with Gasteiger partial charge < -0.3 is 9.80 Å². The first-order valence-electron chi connectivity index (χ1n) is 9.75. The molecular formula is C22H20F4N2O2. The SMILES string of the molecule is O=C(c1ccccc1F)N1CCN(C(=O)C2CC2c2cccc(C(F)(F)F)c2)CC1. The predicted octanol–water partition coefficient (Wildman–Crippen LogP) is 3.93. The summed E-state index contributed by atoms with van der Waals surface area (Å²) in [4.78, 5) is 28.4. The van der Waals surface area contributed by atoms with Crippen molar-refractivity contribution >= 4 is 11.8 Å². The van der Waals surface area contributed by atoms with E-state index in [1.54, 1.807) is 17.0 Å².